The SMILES string of the molecule is [2H]C([2H])([2H])n1c(=O)oc2ccc(-c3ccc(C[C@@H](C#N)NC(=O)C4CNC4)c(F)c3)cc21. The fourth-order valence-electron chi connectivity index (χ4n) is 3.20. The molecule has 2 heterocycles. The van der Waals surface area contributed by atoms with Crippen molar-refractivity contribution >= 4 is 17.0 Å². The molecule has 29 heavy (non-hydrogen) atoms. The number of halogens is 1. The van der Waals surface area contributed by atoms with Crippen LogP contribution >= 0.6 is 0 Å². The van der Waals surface area contributed by atoms with Gasteiger partial charge in [-0.1, -0.05) is 18.2 Å². The number of amides is 1. The molecule has 0 saturated carbocycles. The van der Waals surface area contributed by atoms with Gasteiger partial charge in [0.1, 0.15) is 11.9 Å². The Morgan fingerprint density at radius 2 is 2.17 bits per heavy atom. The van der Waals surface area contributed by atoms with Crippen LogP contribution in [0, 0.1) is 23.1 Å². The molecule has 0 radical (unpaired) electrons. The van der Waals surface area contributed by atoms with E-state index in [0.29, 0.717) is 28.8 Å². The maximum atomic E-state index is 14.8. The van der Waals surface area contributed by atoms with Gasteiger partial charge in [-0.05, 0) is 34.9 Å². The van der Waals surface area contributed by atoms with E-state index < -0.39 is 24.6 Å². The molecule has 4 rings (SSSR count). The van der Waals surface area contributed by atoms with E-state index in [0.717, 1.165) is 0 Å². The molecule has 0 aliphatic carbocycles. The highest BCUT2D eigenvalue weighted by molar-refractivity contribution is 5.81. The Labute approximate surface area is 170 Å². The highest BCUT2D eigenvalue weighted by Crippen LogP contribution is 2.26. The number of nitrogens with one attached hydrogen (secondary N) is 2. The van der Waals surface area contributed by atoms with Crippen LogP contribution in [0.1, 0.15) is 9.68 Å². The van der Waals surface area contributed by atoms with Gasteiger partial charge in [0.25, 0.3) is 0 Å². The third-order valence-electron chi connectivity index (χ3n) is 5.01. The fourth-order valence-corrected chi connectivity index (χ4v) is 3.20. The van der Waals surface area contributed by atoms with Gasteiger partial charge in [-0.2, -0.15) is 5.26 Å². The van der Waals surface area contributed by atoms with E-state index in [-0.39, 0.29) is 34.9 Å². The minimum atomic E-state index is -2.72. The molecule has 1 fully saturated rings. The maximum Gasteiger partial charge on any atom is 0.419 e. The highest BCUT2D eigenvalue weighted by Gasteiger charge is 2.27. The summed E-state index contributed by atoms with van der Waals surface area (Å²) in [5.41, 5.74) is 1.40. The topological polar surface area (TPSA) is 100 Å². The molecule has 8 heteroatoms. The quantitative estimate of drug-likeness (QED) is 0.683. The molecular formula is C21H19FN4O3. The largest absolute Gasteiger partial charge is 0.419 e. The Balaban J connectivity index is 1.59. The molecule has 7 nitrogen and oxygen atoms in total. The second-order valence-electron chi connectivity index (χ2n) is 6.94. The van der Waals surface area contributed by atoms with Gasteiger partial charge in [-0.15, -0.1) is 0 Å². The summed E-state index contributed by atoms with van der Waals surface area (Å²) in [6, 6.07) is 10.0. The predicted octanol–water partition coefficient (Wildman–Crippen LogP) is 1.71. The molecule has 1 atom stereocenters. The zero-order valence-corrected chi connectivity index (χ0v) is 15.2. The van der Waals surface area contributed by atoms with Crippen LogP contribution in [-0.4, -0.2) is 29.6 Å². The van der Waals surface area contributed by atoms with E-state index >= 15 is 0 Å². The number of carbonyl (C=O) groups excluding carboxylic acids is 1. The zero-order chi connectivity index (χ0) is 23.0. The van der Waals surface area contributed by atoms with Crippen molar-refractivity contribution in [3.05, 3.63) is 58.3 Å². The minimum absolute atomic E-state index is 0.00780. The van der Waals surface area contributed by atoms with Crippen LogP contribution in [0.5, 0.6) is 0 Å². The second kappa shape index (κ2) is 7.53. The fraction of sp³-hybridized carbons (Fsp3) is 0.286. The average molecular weight is 397 g/mol. The zero-order valence-electron chi connectivity index (χ0n) is 18.2. The second-order valence-corrected chi connectivity index (χ2v) is 6.94. The molecule has 1 aromatic heterocycles. The first-order valence-electron chi connectivity index (χ1n) is 10.5. The number of aryl methyl sites for hydroxylation is 1. The van der Waals surface area contributed by atoms with Crippen LogP contribution in [0.3, 0.4) is 0 Å². The van der Waals surface area contributed by atoms with Crippen molar-refractivity contribution in [2.24, 2.45) is 12.9 Å². The molecule has 2 aromatic carbocycles. The molecule has 0 unspecified atom stereocenters. The number of oxazole rings is 1. The lowest BCUT2D eigenvalue weighted by atomic mass is 9.98. The smallest absolute Gasteiger partial charge is 0.408 e. The lowest BCUT2D eigenvalue weighted by Crippen LogP contribution is -2.52. The van der Waals surface area contributed by atoms with Crippen LogP contribution < -0.4 is 16.4 Å². The third-order valence-corrected chi connectivity index (χ3v) is 5.01. The highest BCUT2D eigenvalue weighted by atomic mass is 19.1. The van der Waals surface area contributed by atoms with E-state index in [4.69, 9.17) is 8.53 Å². The van der Waals surface area contributed by atoms with Crippen molar-refractivity contribution in [1.82, 2.24) is 15.2 Å². The minimum Gasteiger partial charge on any atom is -0.408 e. The number of benzene rings is 2. The Hall–Kier alpha value is -3.44. The molecule has 1 amide bonds. The van der Waals surface area contributed by atoms with Gasteiger partial charge in [-0.25, -0.2) is 9.18 Å². The van der Waals surface area contributed by atoms with Gasteiger partial charge in [0, 0.05) is 30.6 Å². The molecule has 0 spiro atoms. The molecule has 1 aliphatic rings. The molecular weight excluding hydrogens is 375 g/mol. The number of fused-ring (bicyclic) bond motifs is 1. The van der Waals surface area contributed by atoms with E-state index in [1.807, 2.05) is 6.07 Å². The molecule has 1 aliphatic heterocycles. The summed E-state index contributed by atoms with van der Waals surface area (Å²) in [5, 5.41) is 15.0. The van der Waals surface area contributed by atoms with Crippen molar-refractivity contribution in [2.75, 3.05) is 13.1 Å². The first-order valence-corrected chi connectivity index (χ1v) is 9.03. The normalized spacial score (nSPS) is 16.9. The van der Waals surface area contributed by atoms with Gasteiger partial charge in [-0.3, -0.25) is 9.36 Å². The van der Waals surface area contributed by atoms with Gasteiger partial charge >= 0.3 is 5.76 Å². The number of carbonyl (C=O) groups is 1. The van der Waals surface area contributed by atoms with Crippen molar-refractivity contribution < 1.29 is 17.7 Å². The van der Waals surface area contributed by atoms with Gasteiger partial charge in [0.05, 0.1) is 17.5 Å². The van der Waals surface area contributed by atoms with Crippen LogP contribution in [0.15, 0.2) is 45.6 Å². The monoisotopic (exact) mass is 397 g/mol. The van der Waals surface area contributed by atoms with Gasteiger partial charge < -0.3 is 15.1 Å². The van der Waals surface area contributed by atoms with Crippen LogP contribution in [0.25, 0.3) is 22.2 Å². The van der Waals surface area contributed by atoms with Crippen molar-refractivity contribution in [3.63, 3.8) is 0 Å². The molecule has 3 aromatic rings. The van der Waals surface area contributed by atoms with E-state index in [1.165, 1.54) is 24.3 Å². The van der Waals surface area contributed by atoms with Crippen LogP contribution in [-0.2, 0) is 18.2 Å². The van der Waals surface area contributed by atoms with Gasteiger partial charge in [0.2, 0.25) is 5.91 Å². The summed E-state index contributed by atoms with van der Waals surface area (Å²) in [6.07, 6.45) is 0.00780. The van der Waals surface area contributed by atoms with Crippen molar-refractivity contribution in [3.8, 4) is 17.2 Å². The lowest BCUT2D eigenvalue weighted by Gasteiger charge is -2.26. The number of hydrogen-bond donors (Lipinski definition) is 2. The number of nitrogens with zero attached hydrogens (tertiary/aromatic N) is 2. The molecule has 0 bridgehead atoms. The summed E-state index contributed by atoms with van der Waals surface area (Å²) in [7, 11) is 0. The first kappa shape index (κ1) is 15.5. The Kier molecular flexibility index (Phi) is 4.02. The Bertz CT molecular complexity index is 1290. The standard InChI is InChI=1S/C21H19FN4O3/c1-26-18-8-13(4-5-19(18)29-21(26)28)12-2-3-14(17(22)7-12)6-16(9-23)25-20(27)15-10-24-11-15/h2-5,7-8,15-16,24H,6,10-11H2,1H3,(H,25,27)/t16-/m0/s1/i1D3. The van der Waals surface area contributed by atoms with Gasteiger partial charge in [0.15, 0.2) is 5.58 Å². The Morgan fingerprint density at radius 1 is 1.41 bits per heavy atom. The van der Waals surface area contributed by atoms with E-state index in [2.05, 4.69) is 10.6 Å². The molecule has 148 valence electrons. The lowest BCUT2D eigenvalue weighted by molar-refractivity contribution is -0.126. The third kappa shape index (κ3) is 3.65. The van der Waals surface area contributed by atoms with Crippen molar-refractivity contribution in [1.29, 1.82) is 5.26 Å². The van der Waals surface area contributed by atoms with Crippen molar-refractivity contribution in [2.45, 2.75) is 12.5 Å². The number of nitriles is 1. The summed E-state index contributed by atoms with van der Waals surface area (Å²) < 4.78 is 43.0. The summed E-state index contributed by atoms with van der Waals surface area (Å²) in [5.74, 6) is -1.98. The molecule has 2 N–H and O–H groups in total. The Morgan fingerprint density at radius 3 is 2.83 bits per heavy atom. The number of hydrogen-bond acceptors (Lipinski definition) is 5. The molecule has 1 saturated heterocycles. The van der Waals surface area contributed by atoms with E-state index in [9.17, 15) is 19.2 Å². The predicted molar refractivity (Wildman–Crippen MR) is 104 cm³/mol. The maximum absolute atomic E-state index is 14.8. The van der Waals surface area contributed by atoms with Crippen LogP contribution in [0.4, 0.5) is 4.39 Å². The van der Waals surface area contributed by atoms with E-state index in [1.54, 1.807) is 12.1 Å². The number of rotatable bonds is 5. The summed E-state index contributed by atoms with van der Waals surface area (Å²) in [6.45, 7) is -1.60. The summed E-state index contributed by atoms with van der Waals surface area (Å²) >= 11 is 0. The first-order chi connectivity index (χ1) is 15.2. The summed E-state index contributed by atoms with van der Waals surface area (Å²) in [4.78, 5) is 24.0. The van der Waals surface area contributed by atoms with Crippen LogP contribution in [0.2, 0.25) is 0 Å². The number of aromatic nitrogens is 1. The average Bonchev–Trinajstić information content (AvgIpc) is 3.02.